The summed E-state index contributed by atoms with van der Waals surface area (Å²) in [5, 5.41) is 5.23. The smallest absolute Gasteiger partial charge is 0.276 e. The van der Waals surface area contributed by atoms with Crippen molar-refractivity contribution in [2.75, 3.05) is 5.32 Å². The van der Waals surface area contributed by atoms with Gasteiger partial charge in [0.2, 0.25) is 0 Å². The topological polar surface area (TPSA) is 85.6 Å². The van der Waals surface area contributed by atoms with Gasteiger partial charge < -0.3 is 0 Å². The molecule has 0 aromatic carbocycles. The maximum Gasteiger partial charge on any atom is 0.276 e. The normalized spacial score (nSPS) is 10.7. The second kappa shape index (κ2) is 7.08. The zero-order chi connectivity index (χ0) is 18.8. The highest BCUT2D eigenvalue weighted by Gasteiger charge is 2.15. The van der Waals surface area contributed by atoms with Gasteiger partial charge in [0.05, 0.1) is 23.9 Å². The summed E-state index contributed by atoms with van der Waals surface area (Å²) in [6.07, 6.45) is 6.45. The predicted octanol–water partition coefficient (Wildman–Crippen LogP) is 3.65. The molecule has 0 fully saturated rings. The fourth-order valence-corrected chi connectivity index (χ4v) is 3.26. The van der Waals surface area contributed by atoms with E-state index in [0.717, 1.165) is 28.3 Å². The summed E-state index contributed by atoms with van der Waals surface area (Å²) in [7, 11) is 0. The lowest BCUT2D eigenvalue weighted by atomic mass is 10.2. The predicted molar refractivity (Wildman–Crippen MR) is 104 cm³/mol. The number of nitrogens with zero attached hydrogens (tertiary/aromatic N) is 5. The number of aryl methyl sites for hydroxylation is 2. The Bertz CT molecular complexity index is 1100. The Hall–Kier alpha value is -3.39. The van der Waals surface area contributed by atoms with E-state index >= 15 is 0 Å². The van der Waals surface area contributed by atoms with Gasteiger partial charge in [-0.1, -0.05) is 6.07 Å². The number of pyridine rings is 2. The van der Waals surface area contributed by atoms with Crippen LogP contribution in [-0.2, 0) is 0 Å². The third kappa shape index (κ3) is 3.47. The zero-order valence-electron chi connectivity index (χ0n) is 14.7. The monoisotopic (exact) mass is 376 g/mol. The molecule has 0 aliphatic heterocycles. The molecule has 0 aliphatic rings. The van der Waals surface area contributed by atoms with Crippen LogP contribution in [0.15, 0.2) is 54.6 Å². The summed E-state index contributed by atoms with van der Waals surface area (Å²) in [4.78, 5) is 29.8. The molecule has 4 rings (SSSR count). The highest BCUT2D eigenvalue weighted by atomic mass is 32.1. The minimum atomic E-state index is -0.279. The minimum Gasteiger partial charge on any atom is -0.296 e. The van der Waals surface area contributed by atoms with Crippen molar-refractivity contribution in [3.8, 4) is 17.1 Å². The average Bonchev–Trinajstić information content (AvgIpc) is 3.34. The Morgan fingerprint density at radius 2 is 1.85 bits per heavy atom. The molecular weight excluding hydrogens is 360 g/mol. The molecule has 0 saturated heterocycles. The van der Waals surface area contributed by atoms with Crippen LogP contribution >= 0.6 is 11.3 Å². The molecule has 8 heteroatoms. The zero-order valence-corrected chi connectivity index (χ0v) is 15.6. The quantitative estimate of drug-likeness (QED) is 0.587. The van der Waals surface area contributed by atoms with E-state index in [1.807, 2.05) is 43.5 Å². The summed E-state index contributed by atoms with van der Waals surface area (Å²) < 4.78 is 1.70. The van der Waals surface area contributed by atoms with Crippen molar-refractivity contribution in [3.63, 3.8) is 0 Å². The number of amides is 1. The number of imidazole rings is 1. The number of hydrogen-bond acceptors (Lipinski definition) is 6. The number of nitrogens with one attached hydrogen (secondary N) is 1. The molecule has 0 spiro atoms. The maximum absolute atomic E-state index is 12.7. The van der Waals surface area contributed by atoms with Crippen LogP contribution in [0.3, 0.4) is 0 Å². The van der Waals surface area contributed by atoms with Gasteiger partial charge in [0.15, 0.2) is 5.13 Å². The van der Waals surface area contributed by atoms with Gasteiger partial charge in [-0.25, -0.2) is 9.97 Å². The summed E-state index contributed by atoms with van der Waals surface area (Å²) >= 11 is 1.36. The SMILES string of the molecule is Cc1ccc(-c2csc(NC(=O)c3cncn3-c3ccncc3)n2)nc1C. The Morgan fingerprint density at radius 3 is 2.63 bits per heavy atom. The van der Waals surface area contributed by atoms with Crippen LogP contribution in [0.4, 0.5) is 5.13 Å². The molecule has 4 aromatic heterocycles. The van der Waals surface area contributed by atoms with Crippen LogP contribution in [-0.4, -0.2) is 30.4 Å². The lowest BCUT2D eigenvalue weighted by molar-refractivity contribution is 0.102. The second-order valence-electron chi connectivity index (χ2n) is 5.95. The first kappa shape index (κ1) is 17.0. The van der Waals surface area contributed by atoms with Crippen LogP contribution in [0.1, 0.15) is 21.7 Å². The number of rotatable bonds is 4. The van der Waals surface area contributed by atoms with E-state index in [2.05, 4.69) is 25.3 Å². The number of hydrogen-bond donors (Lipinski definition) is 1. The number of carbonyl (C=O) groups is 1. The van der Waals surface area contributed by atoms with Gasteiger partial charge in [-0.15, -0.1) is 11.3 Å². The fourth-order valence-electron chi connectivity index (χ4n) is 2.56. The molecule has 0 unspecified atom stereocenters. The number of carbonyl (C=O) groups excluding carboxylic acids is 1. The molecule has 7 nitrogen and oxygen atoms in total. The van der Waals surface area contributed by atoms with Gasteiger partial charge in [0.25, 0.3) is 5.91 Å². The first-order chi connectivity index (χ1) is 13.1. The summed E-state index contributed by atoms with van der Waals surface area (Å²) in [6.45, 7) is 3.99. The van der Waals surface area contributed by atoms with E-state index in [1.165, 1.54) is 17.5 Å². The standard InChI is InChI=1S/C19H16N6OS/c1-12-3-4-15(22-13(12)2)16-10-27-19(23-16)24-18(26)17-9-21-11-25(17)14-5-7-20-8-6-14/h3-11H,1-2H3,(H,23,24,26). The molecule has 134 valence electrons. The number of anilines is 1. The molecule has 0 bridgehead atoms. The maximum atomic E-state index is 12.7. The molecule has 1 N–H and O–H groups in total. The van der Waals surface area contributed by atoms with E-state index in [1.54, 1.807) is 23.3 Å². The summed E-state index contributed by atoms with van der Waals surface area (Å²) in [5.74, 6) is -0.279. The molecule has 4 heterocycles. The van der Waals surface area contributed by atoms with Gasteiger partial charge in [0, 0.05) is 23.5 Å². The fraction of sp³-hybridized carbons (Fsp3) is 0.105. The largest absolute Gasteiger partial charge is 0.296 e. The van der Waals surface area contributed by atoms with Crippen molar-refractivity contribution >= 4 is 22.4 Å². The molecule has 0 aliphatic carbocycles. The van der Waals surface area contributed by atoms with Crippen LogP contribution in [0, 0.1) is 13.8 Å². The van der Waals surface area contributed by atoms with Gasteiger partial charge >= 0.3 is 0 Å². The molecule has 4 aromatic rings. The van der Waals surface area contributed by atoms with Gasteiger partial charge in [0.1, 0.15) is 11.4 Å². The van der Waals surface area contributed by atoms with Crippen LogP contribution in [0.5, 0.6) is 0 Å². The van der Waals surface area contributed by atoms with E-state index < -0.39 is 0 Å². The van der Waals surface area contributed by atoms with Crippen molar-refractivity contribution < 1.29 is 4.79 Å². The van der Waals surface area contributed by atoms with E-state index in [4.69, 9.17) is 0 Å². The molecule has 0 saturated carbocycles. The van der Waals surface area contributed by atoms with Crippen LogP contribution in [0.25, 0.3) is 17.1 Å². The first-order valence-electron chi connectivity index (χ1n) is 8.26. The van der Waals surface area contributed by atoms with E-state index in [9.17, 15) is 4.79 Å². The highest BCUT2D eigenvalue weighted by molar-refractivity contribution is 7.14. The van der Waals surface area contributed by atoms with Gasteiger partial charge in [-0.3, -0.25) is 24.6 Å². The summed E-state index contributed by atoms with van der Waals surface area (Å²) in [5.41, 5.74) is 4.85. The molecule has 0 radical (unpaired) electrons. The highest BCUT2D eigenvalue weighted by Crippen LogP contribution is 2.25. The Labute approximate surface area is 159 Å². The van der Waals surface area contributed by atoms with Crippen LogP contribution in [0.2, 0.25) is 0 Å². The van der Waals surface area contributed by atoms with Crippen molar-refractivity contribution in [1.29, 1.82) is 0 Å². The molecule has 1 amide bonds. The average molecular weight is 376 g/mol. The second-order valence-corrected chi connectivity index (χ2v) is 6.80. The van der Waals surface area contributed by atoms with Crippen LogP contribution < -0.4 is 5.32 Å². The summed E-state index contributed by atoms with van der Waals surface area (Å²) in [6, 6.07) is 7.57. The third-order valence-electron chi connectivity index (χ3n) is 4.15. The van der Waals surface area contributed by atoms with Gasteiger partial charge in [-0.2, -0.15) is 0 Å². The lowest BCUT2D eigenvalue weighted by Gasteiger charge is -2.07. The van der Waals surface area contributed by atoms with Crippen molar-refractivity contribution in [2.24, 2.45) is 0 Å². The van der Waals surface area contributed by atoms with Crippen molar-refractivity contribution in [1.82, 2.24) is 24.5 Å². The number of aromatic nitrogens is 5. The van der Waals surface area contributed by atoms with Crippen molar-refractivity contribution in [3.05, 3.63) is 71.5 Å². The number of thiazole rings is 1. The van der Waals surface area contributed by atoms with Gasteiger partial charge in [-0.05, 0) is 37.6 Å². The van der Waals surface area contributed by atoms with E-state index in [0.29, 0.717) is 10.8 Å². The Kier molecular flexibility index (Phi) is 4.47. The van der Waals surface area contributed by atoms with E-state index in [-0.39, 0.29) is 5.91 Å². The first-order valence-corrected chi connectivity index (χ1v) is 9.14. The third-order valence-corrected chi connectivity index (χ3v) is 4.91. The van der Waals surface area contributed by atoms with Crippen molar-refractivity contribution in [2.45, 2.75) is 13.8 Å². The molecule has 0 atom stereocenters. The molecular formula is C19H16N6OS. The Morgan fingerprint density at radius 1 is 1.04 bits per heavy atom. The Balaban J connectivity index is 1.56. The minimum absolute atomic E-state index is 0.279. The lowest BCUT2D eigenvalue weighted by Crippen LogP contribution is -2.16. The molecule has 27 heavy (non-hydrogen) atoms.